The van der Waals surface area contributed by atoms with Gasteiger partial charge in [-0.1, -0.05) is 42.9 Å². The van der Waals surface area contributed by atoms with Crippen molar-refractivity contribution in [1.82, 2.24) is 19.7 Å². The standard InChI is InChI=1S/C21H19FN4O2S/c1-13(2)11-18-24-19(28-25-18)12-29-21-23-17-6-4-3-5-16(17)20(27)26(21)15-9-7-14(22)8-10-15/h3-10,13H,11-12H2,1-2H3. The van der Waals surface area contributed by atoms with E-state index in [9.17, 15) is 9.18 Å². The number of benzene rings is 2. The molecule has 0 saturated heterocycles. The van der Waals surface area contributed by atoms with Gasteiger partial charge in [0.1, 0.15) is 5.82 Å². The van der Waals surface area contributed by atoms with Gasteiger partial charge in [0.05, 0.1) is 22.3 Å². The van der Waals surface area contributed by atoms with E-state index in [1.807, 2.05) is 6.07 Å². The molecule has 2 heterocycles. The molecule has 0 amide bonds. The first-order valence-electron chi connectivity index (χ1n) is 9.23. The molecule has 2 aromatic heterocycles. The maximum absolute atomic E-state index is 13.4. The molecule has 6 nitrogen and oxygen atoms in total. The van der Waals surface area contributed by atoms with Crippen LogP contribution in [-0.4, -0.2) is 19.7 Å². The van der Waals surface area contributed by atoms with Gasteiger partial charge in [-0.15, -0.1) is 0 Å². The number of thioether (sulfide) groups is 1. The lowest BCUT2D eigenvalue weighted by Crippen LogP contribution is -2.21. The molecule has 4 rings (SSSR count). The number of rotatable bonds is 6. The quantitative estimate of drug-likeness (QED) is 0.347. The lowest BCUT2D eigenvalue weighted by atomic mass is 10.1. The van der Waals surface area contributed by atoms with Crippen molar-refractivity contribution in [1.29, 1.82) is 0 Å². The molecule has 2 aromatic carbocycles. The lowest BCUT2D eigenvalue weighted by molar-refractivity contribution is 0.382. The normalized spacial score (nSPS) is 11.4. The Morgan fingerprint density at radius 2 is 1.86 bits per heavy atom. The van der Waals surface area contributed by atoms with Gasteiger partial charge >= 0.3 is 0 Å². The zero-order chi connectivity index (χ0) is 20.4. The lowest BCUT2D eigenvalue weighted by Gasteiger charge is -2.12. The van der Waals surface area contributed by atoms with E-state index in [1.165, 1.54) is 28.5 Å². The Hall–Kier alpha value is -3.00. The molecule has 0 radical (unpaired) electrons. The molecule has 0 unspecified atom stereocenters. The summed E-state index contributed by atoms with van der Waals surface area (Å²) < 4.78 is 20.2. The molecule has 0 N–H and O–H groups in total. The van der Waals surface area contributed by atoms with Gasteiger partial charge in [0, 0.05) is 6.42 Å². The fraction of sp³-hybridized carbons (Fsp3) is 0.238. The van der Waals surface area contributed by atoms with Crippen molar-refractivity contribution in [2.24, 2.45) is 5.92 Å². The van der Waals surface area contributed by atoms with Crippen LogP contribution in [0.3, 0.4) is 0 Å². The molecule has 0 aliphatic heterocycles. The molecule has 0 aliphatic carbocycles. The maximum Gasteiger partial charge on any atom is 0.266 e. The molecule has 0 fully saturated rings. The molecule has 148 valence electrons. The summed E-state index contributed by atoms with van der Waals surface area (Å²) in [6, 6.07) is 12.9. The third-order valence-corrected chi connectivity index (χ3v) is 5.18. The Labute approximate surface area is 170 Å². The summed E-state index contributed by atoms with van der Waals surface area (Å²) in [5.74, 6) is 1.57. The Bertz CT molecular complexity index is 1200. The van der Waals surface area contributed by atoms with Gasteiger partial charge in [0.25, 0.3) is 5.56 Å². The van der Waals surface area contributed by atoms with Crippen LogP contribution >= 0.6 is 11.8 Å². The highest BCUT2D eigenvalue weighted by molar-refractivity contribution is 7.98. The van der Waals surface area contributed by atoms with Crippen LogP contribution in [0.1, 0.15) is 25.6 Å². The predicted octanol–water partition coefficient (Wildman–Crippen LogP) is 4.40. The van der Waals surface area contributed by atoms with Gasteiger partial charge in [0.15, 0.2) is 11.0 Å². The second-order valence-electron chi connectivity index (χ2n) is 7.02. The van der Waals surface area contributed by atoms with Crippen LogP contribution in [0.25, 0.3) is 16.6 Å². The maximum atomic E-state index is 13.4. The van der Waals surface area contributed by atoms with E-state index >= 15 is 0 Å². The summed E-state index contributed by atoms with van der Waals surface area (Å²) in [6.45, 7) is 4.18. The van der Waals surface area contributed by atoms with E-state index in [4.69, 9.17) is 4.52 Å². The molecular weight excluding hydrogens is 391 g/mol. The van der Waals surface area contributed by atoms with E-state index in [2.05, 4.69) is 29.0 Å². The summed E-state index contributed by atoms with van der Waals surface area (Å²) in [5.41, 5.74) is 0.934. The van der Waals surface area contributed by atoms with Crippen molar-refractivity contribution in [3.8, 4) is 5.69 Å². The second kappa shape index (κ2) is 8.16. The third-order valence-electron chi connectivity index (χ3n) is 4.26. The Morgan fingerprint density at radius 3 is 2.62 bits per heavy atom. The van der Waals surface area contributed by atoms with Crippen LogP contribution in [-0.2, 0) is 12.2 Å². The van der Waals surface area contributed by atoms with Gasteiger partial charge in [-0.05, 0) is 42.3 Å². The van der Waals surface area contributed by atoms with Crippen LogP contribution in [0.5, 0.6) is 0 Å². The molecule has 0 saturated carbocycles. The number of hydrogen-bond donors (Lipinski definition) is 0. The van der Waals surface area contributed by atoms with Crippen molar-refractivity contribution < 1.29 is 8.91 Å². The first-order valence-corrected chi connectivity index (χ1v) is 10.2. The average Bonchev–Trinajstić information content (AvgIpc) is 3.14. The number of aromatic nitrogens is 4. The van der Waals surface area contributed by atoms with E-state index in [-0.39, 0.29) is 11.4 Å². The van der Waals surface area contributed by atoms with Crippen molar-refractivity contribution in [2.75, 3.05) is 0 Å². The first kappa shape index (κ1) is 19.3. The average molecular weight is 410 g/mol. The number of fused-ring (bicyclic) bond motifs is 1. The van der Waals surface area contributed by atoms with Crippen LogP contribution < -0.4 is 5.56 Å². The summed E-state index contributed by atoms with van der Waals surface area (Å²) in [7, 11) is 0. The van der Waals surface area contributed by atoms with Crippen LogP contribution in [0.15, 0.2) is 63.0 Å². The molecule has 8 heteroatoms. The zero-order valence-electron chi connectivity index (χ0n) is 16.0. The molecule has 4 aromatic rings. The molecule has 0 atom stereocenters. The molecular formula is C21H19FN4O2S. The first-order chi connectivity index (χ1) is 14.0. The second-order valence-corrected chi connectivity index (χ2v) is 7.96. The molecule has 29 heavy (non-hydrogen) atoms. The van der Waals surface area contributed by atoms with E-state index < -0.39 is 0 Å². The van der Waals surface area contributed by atoms with Crippen LogP contribution in [0.4, 0.5) is 4.39 Å². The topological polar surface area (TPSA) is 73.8 Å². The fourth-order valence-corrected chi connectivity index (χ4v) is 3.80. The Kier molecular flexibility index (Phi) is 5.44. The zero-order valence-corrected chi connectivity index (χ0v) is 16.8. The predicted molar refractivity (Wildman–Crippen MR) is 110 cm³/mol. The molecule has 0 spiro atoms. The van der Waals surface area contributed by atoms with E-state index in [1.54, 1.807) is 30.3 Å². The minimum atomic E-state index is -0.367. The van der Waals surface area contributed by atoms with Gasteiger partial charge in [-0.2, -0.15) is 4.98 Å². The summed E-state index contributed by atoms with van der Waals surface area (Å²) in [6.07, 6.45) is 0.739. The number of nitrogens with zero attached hydrogens (tertiary/aromatic N) is 4. The van der Waals surface area contributed by atoms with Crippen LogP contribution in [0, 0.1) is 11.7 Å². The van der Waals surface area contributed by atoms with Gasteiger partial charge < -0.3 is 4.52 Å². The van der Waals surface area contributed by atoms with E-state index in [0.717, 1.165) is 6.42 Å². The monoisotopic (exact) mass is 410 g/mol. The van der Waals surface area contributed by atoms with Gasteiger partial charge in [-0.25, -0.2) is 9.37 Å². The summed E-state index contributed by atoms with van der Waals surface area (Å²) in [4.78, 5) is 22.2. The number of hydrogen-bond acceptors (Lipinski definition) is 6. The minimum Gasteiger partial charge on any atom is -0.338 e. The molecule has 0 aliphatic rings. The largest absolute Gasteiger partial charge is 0.338 e. The minimum absolute atomic E-state index is 0.212. The van der Waals surface area contributed by atoms with Crippen molar-refractivity contribution in [2.45, 2.75) is 31.2 Å². The highest BCUT2D eigenvalue weighted by Gasteiger charge is 2.15. The highest BCUT2D eigenvalue weighted by Crippen LogP contribution is 2.24. The highest BCUT2D eigenvalue weighted by atomic mass is 32.2. The fourth-order valence-electron chi connectivity index (χ4n) is 2.95. The van der Waals surface area contributed by atoms with Crippen molar-refractivity contribution >= 4 is 22.7 Å². The van der Waals surface area contributed by atoms with Crippen molar-refractivity contribution in [3.63, 3.8) is 0 Å². The van der Waals surface area contributed by atoms with Gasteiger partial charge in [-0.3, -0.25) is 9.36 Å². The Balaban J connectivity index is 1.72. The van der Waals surface area contributed by atoms with Crippen LogP contribution in [0.2, 0.25) is 0 Å². The summed E-state index contributed by atoms with van der Waals surface area (Å²) in [5, 5.41) is 4.97. The number of para-hydroxylation sites is 1. The number of halogens is 1. The third kappa shape index (κ3) is 4.22. The Morgan fingerprint density at radius 1 is 1.10 bits per heavy atom. The molecule has 0 bridgehead atoms. The SMILES string of the molecule is CC(C)Cc1noc(CSc2nc3ccccc3c(=O)n2-c2ccc(F)cc2)n1. The van der Waals surface area contributed by atoms with E-state index in [0.29, 0.717) is 45.1 Å². The van der Waals surface area contributed by atoms with Crippen molar-refractivity contribution in [3.05, 3.63) is 76.4 Å². The van der Waals surface area contributed by atoms with Gasteiger partial charge in [0.2, 0.25) is 5.89 Å². The summed E-state index contributed by atoms with van der Waals surface area (Å²) >= 11 is 1.32. The smallest absolute Gasteiger partial charge is 0.266 e.